The van der Waals surface area contributed by atoms with E-state index >= 15 is 0 Å². The normalized spacial score (nSPS) is 10.1. The summed E-state index contributed by atoms with van der Waals surface area (Å²) in [6.07, 6.45) is 0. The number of hydrogen-bond acceptors (Lipinski definition) is 3. The van der Waals surface area contributed by atoms with Crippen molar-refractivity contribution < 1.29 is 9.59 Å². The first-order chi connectivity index (χ1) is 8.66. The molecular formula is C14H13NO2S. The van der Waals surface area contributed by atoms with E-state index in [-0.39, 0.29) is 18.2 Å². The highest BCUT2D eigenvalue weighted by molar-refractivity contribution is 7.13. The van der Waals surface area contributed by atoms with E-state index in [9.17, 15) is 9.59 Å². The summed E-state index contributed by atoms with van der Waals surface area (Å²) in [6.45, 7) is 1.97. The van der Waals surface area contributed by atoms with Crippen LogP contribution >= 0.6 is 11.3 Å². The quantitative estimate of drug-likeness (QED) is 0.858. The number of carbonyl (C=O) groups is 2. The van der Waals surface area contributed by atoms with Gasteiger partial charge in [-0.1, -0.05) is 30.3 Å². The molecule has 0 saturated carbocycles. The van der Waals surface area contributed by atoms with Crippen molar-refractivity contribution in [3.8, 4) is 0 Å². The molecule has 0 saturated heterocycles. The average Bonchev–Trinajstić information content (AvgIpc) is 2.83. The first-order valence-electron chi connectivity index (χ1n) is 5.59. The summed E-state index contributed by atoms with van der Waals surface area (Å²) in [7, 11) is 0. The van der Waals surface area contributed by atoms with Crippen LogP contribution < -0.4 is 5.32 Å². The van der Waals surface area contributed by atoms with Crippen LogP contribution in [0.4, 0.5) is 0 Å². The Morgan fingerprint density at radius 3 is 2.44 bits per heavy atom. The first-order valence-corrected chi connectivity index (χ1v) is 6.41. The van der Waals surface area contributed by atoms with Crippen molar-refractivity contribution in [1.82, 2.24) is 5.32 Å². The summed E-state index contributed by atoms with van der Waals surface area (Å²) in [5.74, 6) is -0.283. The SMILES string of the molecule is Cc1ccc(C(=O)NCC(=O)c2ccccc2)s1. The van der Waals surface area contributed by atoms with Crippen molar-refractivity contribution in [2.24, 2.45) is 0 Å². The highest BCUT2D eigenvalue weighted by Gasteiger charge is 2.10. The molecule has 1 amide bonds. The second kappa shape index (κ2) is 5.60. The van der Waals surface area contributed by atoms with Crippen LogP contribution in [0.15, 0.2) is 42.5 Å². The molecule has 0 unspecified atom stereocenters. The minimum atomic E-state index is -0.197. The fourth-order valence-corrected chi connectivity index (χ4v) is 2.31. The second-order valence-corrected chi connectivity index (χ2v) is 5.17. The number of benzene rings is 1. The number of Topliss-reactive ketones (excluding diaryl/α,β-unsaturated/α-hetero) is 1. The molecular weight excluding hydrogens is 246 g/mol. The van der Waals surface area contributed by atoms with E-state index in [0.717, 1.165) is 4.88 Å². The zero-order valence-electron chi connectivity index (χ0n) is 9.97. The third kappa shape index (κ3) is 3.05. The molecule has 1 heterocycles. The highest BCUT2D eigenvalue weighted by atomic mass is 32.1. The number of rotatable bonds is 4. The molecule has 1 aromatic carbocycles. The lowest BCUT2D eigenvalue weighted by molar-refractivity contribution is 0.0906. The highest BCUT2D eigenvalue weighted by Crippen LogP contribution is 2.14. The number of ketones is 1. The van der Waals surface area contributed by atoms with Gasteiger partial charge in [0.05, 0.1) is 11.4 Å². The maximum absolute atomic E-state index is 11.8. The summed E-state index contributed by atoms with van der Waals surface area (Å²) in [5, 5.41) is 2.63. The summed E-state index contributed by atoms with van der Waals surface area (Å²) in [4.78, 5) is 25.2. The predicted molar refractivity (Wildman–Crippen MR) is 72.2 cm³/mol. The number of hydrogen-bond donors (Lipinski definition) is 1. The van der Waals surface area contributed by atoms with Gasteiger partial charge in [-0.15, -0.1) is 11.3 Å². The Labute approximate surface area is 109 Å². The Morgan fingerprint density at radius 2 is 1.83 bits per heavy atom. The molecule has 0 aliphatic carbocycles. The molecule has 0 fully saturated rings. The van der Waals surface area contributed by atoms with E-state index in [4.69, 9.17) is 0 Å². The molecule has 0 bridgehead atoms. The van der Waals surface area contributed by atoms with Gasteiger partial charge in [-0.25, -0.2) is 0 Å². The Hall–Kier alpha value is -1.94. The molecule has 2 aromatic rings. The summed E-state index contributed by atoms with van der Waals surface area (Å²) in [6, 6.07) is 12.6. The van der Waals surface area contributed by atoms with E-state index in [1.54, 1.807) is 30.3 Å². The van der Waals surface area contributed by atoms with Gasteiger partial charge in [-0.3, -0.25) is 9.59 Å². The van der Waals surface area contributed by atoms with E-state index in [1.165, 1.54) is 11.3 Å². The molecule has 1 N–H and O–H groups in total. The standard InChI is InChI=1S/C14H13NO2S/c1-10-7-8-13(18-10)14(17)15-9-12(16)11-5-3-2-4-6-11/h2-8H,9H2,1H3,(H,15,17). The Balaban J connectivity index is 1.92. The zero-order valence-corrected chi connectivity index (χ0v) is 10.8. The number of aryl methyl sites for hydroxylation is 1. The smallest absolute Gasteiger partial charge is 0.261 e. The molecule has 3 nitrogen and oxygen atoms in total. The summed E-state index contributed by atoms with van der Waals surface area (Å²) in [5.41, 5.74) is 0.611. The van der Waals surface area contributed by atoms with Gasteiger partial charge in [0, 0.05) is 10.4 Å². The third-order valence-corrected chi connectivity index (χ3v) is 3.47. The molecule has 4 heteroatoms. The molecule has 0 atom stereocenters. The number of carbonyl (C=O) groups excluding carboxylic acids is 2. The van der Waals surface area contributed by atoms with Crippen molar-refractivity contribution in [2.45, 2.75) is 6.92 Å². The Kier molecular flexibility index (Phi) is 3.89. The minimum absolute atomic E-state index is 0.0276. The summed E-state index contributed by atoms with van der Waals surface area (Å²) >= 11 is 1.42. The molecule has 0 aliphatic heterocycles. The van der Waals surface area contributed by atoms with Gasteiger partial charge in [0.15, 0.2) is 5.78 Å². The van der Waals surface area contributed by atoms with Crippen LogP contribution in [0.1, 0.15) is 24.9 Å². The van der Waals surface area contributed by atoms with E-state index in [1.807, 2.05) is 19.1 Å². The molecule has 92 valence electrons. The topological polar surface area (TPSA) is 46.2 Å². The Bertz CT molecular complexity index is 560. The van der Waals surface area contributed by atoms with Gasteiger partial charge >= 0.3 is 0 Å². The van der Waals surface area contributed by atoms with Gasteiger partial charge in [0.25, 0.3) is 5.91 Å². The van der Waals surface area contributed by atoms with Crippen molar-refractivity contribution in [3.63, 3.8) is 0 Å². The fraction of sp³-hybridized carbons (Fsp3) is 0.143. The van der Waals surface area contributed by atoms with Crippen LogP contribution in [0.25, 0.3) is 0 Å². The van der Waals surface area contributed by atoms with Crippen LogP contribution in [-0.2, 0) is 0 Å². The molecule has 0 spiro atoms. The van der Waals surface area contributed by atoms with E-state index in [2.05, 4.69) is 5.32 Å². The maximum atomic E-state index is 11.8. The van der Waals surface area contributed by atoms with E-state index in [0.29, 0.717) is 10.4 Å². The third-order valence-electron chi connectivity index (χ3n) is 2.47. The van der Waals surface area contributed by atoms with Crippen molar-refractivity contribution in [1.29, 1.82) is 0 Å². The lowest BCUT2D eigenvalue weighted by Gasteiger charge is -2.02. The largest absolute Gasteiger partial charge is 0.344 e. The van der Waals surface area contributed by atoms with Crippen molar-refractivity contribution in [3.05, 3.63) is 57.8 Å². The molecule has 0 aliphatic rings. The lowest BCUT2D eigenvalue weighted by Crippen LogP contribution is -2.28. The van der Waals surface area contributed by atoms with Crippen LogP contribution in [0, 0.1) is 6.92 Å². The van der Waals surface area contributed by atoms with Gasteiger partial charge < -0.3 is 5.32 Å². The maximum Gasteiger partial charge on any atom is 0.261 e. The van der Waals surface area contributed by atoms with E-state index < -0.39 is 0 Å². The average molecular weight is 259 g/mol. The predicted octanol–water partition coefficient (Wildman–Crippen LogP) is 2.67. The molecule has 2 rings (SSSR count). The van der Waals surface area contributed by atoms with Gasteiger partial charge in [0.1, 0.15) is 0 Å². The first kappa shape index (κ1) is 12.5. The van der Waals surface area contributed by atoms with Crippen LogP contribution in [0.5, 0.6) is 0 Å². The van der Waals surface area contributed by atoms with Gasteiger partial charge in [0.2, 0.25) is 0 Å². The summed E-state index contributed by atoms with van der Waals surface area (Å²) < 4.78 is 0. The number of nitrogens with one attached hydrogen (secondary N) is 1. The fourth-order valence-electron chi connectivity index (χ4n) is 1.53. The zero-order chi connectivity index (χ0) is 13.0. The lowest BCUT2D eigenvalue weighted by atomic mass is 10.1. The minimum Gasteiger partial charge on any atom is -0.344 e. The number of amides is 1. The molecule has 18 heavy (non-hydrogen) atoms. The molecule has 1 aromatic heterocycles. The van der Waals surface area contributed by atoms with Crippen LogP contribution in [0.2, 0.25) is 0 Å². The number of thiophene rings is 1. The van der Waals surface area contributed by atoms with Crippen LogP contribution in [-0.4, -0.2) is 18.2 Å². The Morgan fingerprint density at radius 1 is 1.11 bits per heavy atom. The van der Waals surface area contributed by atoms with Crippen LogP contribution in [0.3, 0.4) is 0 Å². The van der Waals surface area contributed by atoms with Crippen molar-refractivity contribution in [2.75, 3.05) is 6.54 Å². The van der Waals surface area contributed by atoms with Gasteiger partial charge in [-0.2, -0.15) is 0 Å². The van der Waals surface area contributed by atoms with Crippen molar-refractivity contribution >= 4 is 23.0 Å². The monoisotopic (exact) mass is 259 g/mol. The second-order valence-electron chi connectivity index (χ2n) is 3.88. The molecule has 0 radical (unpaired) electrons. The van der Waals surface area contributed by atoms with Gasteiger partial charge in [-0.05, 0) is 19.1 Å².